The number of hydrogen-bond donors (Lipinski definition) is 1. The average molecular weight is 355 g/mol. The Morgan fingerprint density at radius 2 is 2.32 bits per heavy atom. The molecule has 0 atom stereocenters. The van der Waals surface area contributed by atoms with E-state index in [2.05, 4.69) is 25.8 Å². The largest absolute Gasteiger partial charge is 0.322 e. The lowest BCUT2D eigenvalue weighted by Gasteiger charge is -2.22. The zero-order valence-corrected chi connectivity index (χ0v) is 14.5. The zero-order chi connectivity index (χ0) is 17.2. The Kier molecular flexibility index (Phi) is 4.14. The van der Waals surface area contributed by atoms with Crippen LogP contribution in [0.4, 0.5) is 10.5 Å². The van der Waals surface area contributed by atoms with Crippen molar-refractivity contribution in [2.75, 3.05) is 5.32 Å². The molecule has 2 heterocycles. The Labute approximate surface area is 148 Å². The number of amides is 2. The molecule has 0 unspecified atom stereocenters. The number of nitrogens with one attached hydrogen (secondary N) is 1. The lowest BCUT2D eigenvalue weighted by atomic mass is 10.2. The molecule has 1 aliphatic carbocycles. The molecule has 2 amide bonds. The molecule has 1 aromatic carbocycles. The van der Waals surface area contributed by atoms with Gasteiger partial charge in [-0.1, -0.05) is 6.07 Å². The van der Waals surface area contributed by atoms with Gasteiger partial charge in [0.1, 0.15) is 5.01 Å². The number of carbonyl (C=O) groups excluding carboxylic acids is 1. The van der Waals surface area contributed by atoms with Crippen LogP contribution in [0.1, 0.15) is 23.7 Å². The fraction of sp³-hybridized carbons (Fsp3) is 0.312. The summed E-state index contributed by atoms with van der Waals surface area (Å²) in [7, 11) is 0. The van der Waals surface area contributed by atoms with Crippen LogP contribution in [0.25, 0.3) is 5.69 Å². The molecule has 0 saturated heterocycles. The van der Waals surface area contributed by atoms with E-state index in [1.54, 1.807) is 22.2 Å². The van der Waals surface area contributed by atoms with E-state index < -0.39 is 0 Å². The summed E-state index contributed by atoms with van der Waals surface area (Å²) in [5.41, 5.74) is 1.51. The van der Waals surface area contributed by atoms with Gasteiger partial charge in [0.2, 0.25) is 0 Å². The van der Waals surface area contributed by atoms with Gasteiger partial charge in [0.15, 0.2) is 5.82 Å². The molecular weight excluding hydrogens is 338 g/mol. The summed E-state index contributed by atoms with van der Waals surface area (Å²) < 4.78 is 1.63. The maximum atomic E-state index is 12.7. The quantitative estimate of drug-likeness (QED) is 0.760. The van der Waals surface area contributed by atoms with E-state index in [1.807, 2.05) is 41.5 Å². The van der Waals surface area contributed by atoms with Gasteiger partial charge in [0.25, 0.3) is 0 Å². The van der Waals surface area contributed by atoms with Crippen LogP contribution < -0.4 is 5.32 Å². The van der Waals surface area contributed by atoms with Crippen LogP contribution in [0, 0.1) is 6.92 Å². The second kappa shape index (κ2) is 6.60. The van der Waals surface area contributed by atoms with Crippen LogP contribution >= 0.6 is 11.3 Å². The van der Waals surface area contributed by atoms with Crippen molar-refractivity contribution >= 4 is 23.1 Å². The number of thiazole rings is 1. The molecule has 8 nitrogen and oxygen atoms in total. The highest BCUT2D eigenvalue weighted by Gasteiger charge is 2.33. The summed E-state index contributed by atoms with van der Waals surface area (Å²) in [6, 6.07) is 7.67. The van der Waals surface area contributed by atoms with Crippen LogP contribution in [0.15, 0.2) is 35.8 Å². The standard InChI is InChI=1S/C16H17N7OS/c1-11-19-20-21-23(11)14-4-2-3-12(9-14)18-16(24)22(13-5-6-13)10-15-17-7-8-25-15/h2-4,7-9,13H,5-6,10H2,1H3,(H,18,24). The highest BCUT2D eigenvalue weighted by atomic mass is 32.1. The number of urea groups is 1. The molecular formula is C16H17N7OS. The van der Waals surface area contributed by atoms with Crippen molar-refractivity contribution in [2.24, 2.45) is 0 Å². The fourth-order valence-electron chi connectivity index (χ4n) is 2.61. The number of aromatic nitrogens is 5. The van der Waals surface area contributed by atoms with Crippen molar-refractivity contribution in [1.29, 1.82) is 0 Å². The Morgan fingerprint density at radius 1 is 1.44 bits per heavy atom. The number of hydrogen-bond acceptors (Lipinski definition) is 6. The minimum atomic E-state index is -0.108. The first kappa shape index (κ1) is 15.7. The van der Waals surface area contributed by atoms with E-state index in [1.165, 1.54) is 0 Å². The Bertz CT molecular complexity index is 872. The first-order chi connectivity index (χ1) is 12.2. The highest BCUT2D eigenvalue weighted by molar-refractivity contribution is 7.09. The van der Waals surface area contributed by atoms with Gasteiger partial charge in [-0.3, -0.25) is 0 Å². The van der Waals surface area contributed by atoms with E-state index in [-0.39, 0.29) is 6.03 Å². The molecule has 0 bridgehead atoms. The second-order valence-electron chi connectivity index (χ2n) is 5.90. The van der Waals surface area contributed by atoms with Crippen LogP contribution in [0.3, 0.4) is 0 Å². The van der Waals surface area contributed by atoms with Gasteiger partial charge in [0, 0.05) is 23.3 Å². The smallest absolute Gasteiger partial charge is 0.315 e. The Balaban J connectivity index is 1.51. The second-order valence-corrected chi connectivity index (χ2v) is 6.88. The van der Waals surface area contributed by atoms with Gasteiger partial charge in [-0.15, -0.1) is 16.4 Å². The highest BCUT2D eigenvalue weighted by Crippen LogP contribution is 2.29. The maximum absolute atomic E-state index is 12.7. The molecule has 2 aromatic heterocycles. The molecule has 1 aliphatic rings. The number of aryl methyl sites for hydroxylation is 1. The SMILES string of the molecule is Cc1nnnn1-c1cccc(NC(=O)N(Cc2nccs2)C2CC2)c1. The van der Waals surface area contributed by atoms with Gasteiger partial charge in [0.05, 0.1) is 12.2 Å². The maximum Gasteiger partial charge on any atom is 0.322 e. The van der Waals surface area contributed by atoms with Crippen molar-refractivity contribution in [1.82, 2.24) is 30.1 Å². The minimum absolute atomic E-state index is 0.108. The number of nitrogens with zero attached hydrogens (tertiary/aromatic N) is 6. The fourth-order valence-corrected chi connectivity index (χ4v) is 3.22. The van der Waals surface area contributed by atoms with Gasteiger partial charge < -0.3 is 10.2 Å². The molecule has 4 rings (SSSR count). The zero-order valence-electron chi connectivity index (χ0n) is 13.7. The first-order valence-corrected chi connectivity index (χ1v) is 8.90. The lowest BCUT2D eigenvalue weighted by molar-refractivity contribution is 0.206. The van der Waals surface area contributed by atoms with Crippen molar-refractivity contribution in [2.45, 2.75) is 32.4 Å². The summed E-state index contributed by atoms with van der Waals surface area (Å²) >= 11 is 1.56. The third kappa shape index (κ3) is 3.50. The third-order valence-corrected chi connectivity index (χ3v) is 4.77. The average Bonchev–Trinajstić information content (AvgIpc) is 3.13. The number of benzene rings is 1. The topological polar surface area (TPSA) is 88.8 Å². The molecule has 128 valence electrons. The number of carbonyl (C=O) groups is 1. The Morgan fingerprint density at radius 3 is 3.00 bits per heavy atom. The van der Waals surface area contributed by atoms with Gasteiger partial charge in [-0.25, -0.2) is 9.78 Å². The van der Waals surface area contributed by atoms with Crippen molar-refractivity contribution in [3.05, 3.63) is 46.7 Å². The summed E-state index contributed by atoms with van der Waals surface area (Å²) in [5, 5.41) is 17.3. The molecule has 0 spiro atoms. The third-order valence-electron chi connectivity index (χ3n) is 4.00. The Hall–Kier alpha value is -2.81. The summed E-state index contributed by atoms with van der Waals surface area (Å²) in [6.45, 7) is 2.37. The normalized spacial score (nSPS) is 13.6. The van der Waals surface area contributed by atoms with Crippen LogP contribution in [-0.2, 0) is 6.54 Å². The molecule has 0 radical (unpaired) electrons. The van der Waals surface area contributed by atoms with E-state index in [4.69, 9.17) is 0 Å². The molecule has 1 N–H and O–H groups in total. The molecule has 0 aliphatic heterocycles. The van der Waals surface area contributed by atoms with E-state index in [9.17, 15) is 4.79 Å². The molecule has 9 heteroatoms. The van der Waals surface area contributed by atoms with Crippen molar-refractivity contribution in [3.63, 3.8) is 0 Å². The number of rotatable bonds is 5. The van der Waals surface area contributed by atoms with Gasteiger partial charge >= 0.3 is 6.03 Å². The van der Waals surface area contributed by atoms with E-state index in [0.717, 1.165) is 23.5 Å². The molecule has 3 aromatic rings. The van der Waals surface area contributed by atoms with Crippen molar-refractivity contribution < 1.29 is 4.79 Å². The van der Waals surface area contributed by atoms with Gasteiger partial charge in [-0.05, 0) is 48.4 Å². The predicted molar refractivity (Wildman–Crippen MR) is 93.6 cm³/mol. The van der Waals surface area contributed by atoms with Crippen molar-refractivity contribution in [3.8, 4) is 5.69 Å². The summed E-state index contributed by atoms with van der Waals surface area (Å²) in [4.78, 5) is 18.9. The van der Waals surface area contributed by atoms with Crippen LogP contribution in [0.5, 0.6) is 0 Å². The molecule has 25 heavy (non-hydrogen) atoms. The summed E-state index contributed by atoms with van der Waals surface area (Å²) in [5.74, 6) is 0.687. The number of tetrazole rings is 1. The lowest BCUT2D eigenvalue weighted by Crippen LogP contribution is -2.36. The minimum Gasteiger partial charge on any atom is -0.315 e. The van der Waals surface area contributed by atoms with Crippen LogP contribution in [0.2, 0.25) is 0 Å². The monoisotopic (exact) mass is 355 g/mol. The van der Waals surface area contributed by atoms with Gasteiger partial charge in [-0.2, -0.15) is 4.68 Å². The first-order valence-electron chi connectivity index (χ1n) is 8.02. The van der Waals surface area contributed by atoms with E-state index >= 15 is 0 Å². The summed E-state index contributed by atoms with van der Waals surface area (Å²) in [6.07, 6.45) is 3.85. The number of anilines is 1. The van der Waals surface area contributed by atoms with Crippen LogP contribution in [-0.4, -0.2) is 42.2 Å². The molecule has 1 saturated carbocycles. The van der Waals surface area contributed by atoms with E-state index in [0.29, 0.717) is 24.1 Å². The predicted octanol–water partition coefficient (Wildman–Crippen LogP) is 2.62. The molecule has 1 fully saturated rings.